The molecule has 2 heteroatoms. The Bertz CT molecular complexity index is 357. The Labute approximate surface area is 78.0 Å². The van der Waals surface area contributed by atoms with Gasteiger partial charge in [-0.1, -0.05) is 19.1 Å². The van der Waals surface area contributed by atoms with E-state index in [9.17, 15) is 4.79 Å². The highest BCUT2D eigenvalue weighted by Crippen LogP contribution is 2.36. The molecule has 68 valence electrons. The summed E-state index contributed by atoms with van der Waals surface area (Å²) in [4.78, 5) is 11.5. The number of rotatable bonds is 1. The minimum atomic E-state index is 0.0659. The van der Waals surface area contributed by atoms with Gasteiger partial charge < -0.3 is 5.32 Å². The van der Waals surface area contributed by atoms with E-state index in [1.165, 1.54) is 11.1 Å². The molecule has 13 heavy (non-hydrogen) atoms. The van der Waals surface area contributed by atoms with Gasteiger partial charge in [0.15, 0.2) is 0 Å². The van der Waals surface area contributed by atoms with Crippen LogP contribution >= 0.6 is 0 Å². The molecule has 1 amide bonds. The number of amides is 1. The summed E-state index contributed by atoms with van der Waals surface area (Å²) < 4.78 is 0. The lowest BCUT2D eigenvalue weighted by atomic mass is 9.94. The van der Waals surface area contributed by atoms with Crippen LogP contribution in [0.1, 0.15) is 30.4 Å². The molecule has 0 aromatic heterocycles. The molecule has 0 aliphatic carbocycles. The summed E-state index contributed by atoms with van der Waals surface area (Å²) in [6.07, 6.45) is 0.879. The molecule has 0 fully saturated rings. The fraction of sp³-hybridized carbons (Fsp3) is 0.364. The van der Waals surface area contributed by atoms with Crippen LogP contribution in [0.5, 0.6) is 0 Å². The van der Waals surface area contributed by atoms with Crippen LogP contribution in [-0.4, -0.2) is 5.91 Å². The number of benzene rings is 1. The van der Waals surface area contributed by atoms with Gasteiger partial charge in [-0.05, 0) is 30.5 Å². The van der Waals surface area contributed by atoms with Gasteiger partial charge >= 0.3 is 0 Å². The number of anilines is 1. The zero-order chi connectivity index (χ0) is 9.42. The van der Waals surface area contributed by atoms with Gasteiger partial charge in [-0.3, -0.25) is 4.79 Å². The van der Waals surface area contributed by atoms with Crippen molar-refractivity contribution in [2.24, 2.45) is 0 Å². The monoisotopic (exact) mass is 175 g/mol. The molecule has 0 bridgehead atoms. The number of carbonyl (C=O) groups excluding carboxylic acids is 1. The van der Waals surface area contributed by atoms with E-state index >= 15 is 0 Å². The van der Waals surface area contributed by atoms with Gasteiger partial charge in [0.05, 0.1) is 5.92 Å². The van der Waals surface area contributed by atoms with Gasteiger partial charge in [-0.25, -0.2) is 0 Å². The number of fused-ring (bicyclic) bond motifs is 1. The van der Waals surface area contributed by atoms with Crippen LogP contribution < -0.4 is 5.32 Å². The Morgan fingerprint density at radius 1 is 1.46 bits per heavy atom. The van der Waals surface area contributed by atoms with E-state index in [0.29, 0.717) is 0 Å². The van der Waals surface area contributed by atoms with E-state index in [1.807, 2.05) is 19.1 Å². The molecule has 0 saturated carbocycles. The third kappa shape index (κ3) is 1.13. The Hall–Kier alpha value is -1.31. The fourth-order valence-electron chi connectivity index (χ4n) is 1.99. The molecule has 1 aliphatic heterocycles. The predicted molar refractivity (Wildman–Crippen MR) is 52.8 cm³/mol. The maximum absolute atomic E-state index is 11.5. The first kappa shape index (κ1) is 8.30. The summed E-state index contributed by atoms with van der Waals surface area (Å²) in [6, 6.07) is 6.00. The minimum Gasteiger partial charge on any atom is -0.325 e. The molecule has 1 heterocycles. The van der Waals surface area contributed by atoms with Gasteiger partial charge in [0.2, 0.25) is 5.91 Å². The largest absolute Gasteiger partial charge is 0.325 e. The van der Waals surface area contributed by atoms with E-state index in [4.69, 9.17) is 0 Å². The first-order valence-corrected chi connectivity index (χ1v) is 4.64. The summed E-state index contributed by atoms with van der Waals surface area (Å²) in [5.74, 6) is 0.211. The molecule has 0 radical (unpaired) electrons. The second kappa shape index (κ2) is 2.87. The predicted octanol–water partition coefficient (Wildman–Crippen LogP) is 2.44. The van der Waals surface area contributed by atoms with Crippen molar-refractivity contribution in [1.29, 1.82) is 0 Å². The average molecular weight is 175 g/mol. The molecule has 2 rings (SSSR count). The van der Waals surface area contributed by atoms with Crippen LogP contribution in [0.25, 0.3) is 0 Å². The van der Waals surface area contributed by atoms with Crippen LogP contribution in [0.3, 0.4) is 0 Å². The molecule has 1 unspecified atom stereocenters. The molecular formula is C11H13NO. The highest BCUT2D eigenvalue weighted by molar-refractivity contribution is 6.03. The van der Waals surface area contributed by atoms with Crippen molar-refractivity contribution >= 4 is 11.6 Å². The van der Waals surface area contributed by atoms with E-state index in [2.05, 4.69) is 18.3 Å². The highest BCUT2D eigenvalue weighted by atomic mass is 16.2. The van der Waals surface area contributed by atoms with Crippen molar-refractivity contribution in [2.45, 2.75) is 26.2 Å². The van der Waals surface area contributed by atoms with Gasteiger partial charge in [-0.15, -0.1) is 0 Å². The Morgan fingerprint density at radius 2 is 2.23 bits per heavy atom. The highest BCUT2D eigenvalue weighted by Gasteiger charge is 2.29. The van der Waals surface area contributed by atoms with E-state index < -0.39 is 0 Å². The lowest BCUT2D eigenvalue weighted by Crippen LogP contribution is -2.11. The molecule has 1 N–H and O–H groups in total. The molecule has 1 aliphatic rings. The maximum atomic E-state index is 11.5. The van der Waals surface area contributed by atoms with Crippen molar-refractivity contribution in [3.8, 4) is 0 Å². The third-order valence-corrected chi connectivity index (χ3v) is 2.66. The summed E-state index contributed by atoms with van der Waals surface area (Å²) in [7, 11) is 0. The molecule has 0 spiro atoms. The summed E-state index contributed by atoms with van der Waals surface area (Å²) in [5, 5.41) is 2.90. The average Bonchev–Trinajstić information content (AvgIpc) is 2.42. The topological polar surface area (TPSA) is 29.1 Å². The minimum absolute atomic E-state index is 0.0659. The maximum Gasteiger partial charge on any atom is 0.232 e. The van der Waals surface area contributed by atoms with Crippen LogP contribution in [0, 0.1) is 6.92 Å². The Kier molecular flexibility index (Phi) is 1.83. The smallest absolute Gasteiger partial charge is 0.232 e. The number of aryl methyl sites for hydroxylation is 1. The van der Waals surface area contributed by atoms with Gasteiger partial charge in [0.1, 0.15) is 0 Å². The Morgan fingerprint density at radius 3 is 2.92 bits per heavy atom. The van der Waals surface area contributed by atoms with Crippen LogP contribution in [0.2, 0.25) is 0 Å². The zero-order valence-corrected chi connectivity index (χ0v) is 7.92. The quantitative estimate of drug-likeness (QED) is 0.697. The number of hydrogen-bond acceptors (Lipinski definition) is 1. The van der Waals surface area contributed by atoms with Crippen LogP contribution in [-0.2, 0) is 4.79 Å². The normalized spacial score (nSPS) is 19.8. The number of carbonyl (C=O) groups is 1. The van der Waals surface area contributed by atoms with E-state index in [0.717, 1.165) is 12.1 Å². The first-order chi connectivity index (χ1) is 6.24. The summed E-state index contributed by atoms with van der Waals surface area (Å²) in [5.41, 5.74) is 3.40. The van der Waals surface area contributed by atoms with Crippen molar-refractivity contribution in [2.75, 3.05) is 5.32 Å². The van der Waals surface area contributed by atoms with Crippen molar-refractivity contribution in [3.05, 3.63) is 29.3 Å². The molecule has 0 saturated heterocycles. The van der Waals surface area contributed by atoms with Crippen molar-refractivity contribution < 1.29 is 4.79 Å². The summed E-state index contributed by atoms with van der Waals surface area (Å²) in [6.45, 7) is 4.10. The Balaban J connectivity index is 2.55. The van der Waals surface area contributed by atoms with Crippen molar-refractivity contribution in [3.63, 3.8) is 0 Å². The number of nitrogens with one attached hydrogen (secondary N) is 1. The second-order valence-electron chi connectivity index (χ2n) is 3.49. The second-order valence-corrected chi connectivity index (χ2v) is 3.49. The van der Waals surface area contributed by atoms with Crippen molar-refractivity contribution in [1.82, 2.24) is 0 Å². The molecule has 2 nitrogen and oxygen atoms in total. The molecule has 1 aromatic rings. The first-order valence-electron chi connectivity index (χ1n) is 4.64. The molecular weight excluding hydrogens is 162 g/mol. The van der Waals surface area contributed by atoms with Gasteiger partial charge in [0, 0.05) is 5.69 Å². The molecule has 1 aromatic carbocycles. The standard InChI is InChI=1S/C11H13NO/c1-3-8-10-7(2)5-4-6-9(10)12-11(8)13/h4-6,8H,3H2,1-2H3,(H,12,13). The van der Waals surface area contributed by atoms with E-state index in [1.54, 1.807) is 0 Å². The van der Waals surface area contributed by atoms with Gasteiger partial charge in [-0.2, -0.15) is 0 Å². The number of hydrogen-bond donors (Lipinski definition) is 1. The summed E-state index contributed by atoms with van der Waals surface area (Å²) >= 11 is 0. The SMILES string of the molecule is CCC1C(=O)Nc2cccc(C)c21. The lowest BCUT2D eigenvalue weighted by Gasteiger charge is -2.07. The fourth-order valence-corrected chi connectivity index (χ4v) is 1.99. The third-order valence-electron chi connectivity index (χ3n) is 2.66. The van der Waals surface area contributed by atoms with E-state index in [-0.39, 0.29) is 11.8 Å². The van der Waals surface area contributed by atoms with Gasteiger partial charge in [0.25, 0.3) is 0 Å². The van der Waals surface area contributed by atoms with Crippen LogP contribution in [0.15, 0.2) is 18.2 Å². The lowest BCUT2D eigenvalue weighted by molar-refractivity contribution is -0.117. The van der Waals surface area contributed by atoms with Crippen LogP contribution in [0.4, 0.5) is 5.69 Å². The zero-order valence-electron chi connectivity index (χ0n) is 7.92. The molecule has 1 atom stereocenters.